The summed E-state index contributed by atoms with van der Waals surface area (Å²) in [6, 6.07) is 6.50. The van der Waals surface area contributed by atoms with Gasteiger partial charge < -0.3 is 9.67 Å². The zero-order chi connectivity index (χ0) is 14.0. The molecule has 0 saturated heterocycles. The first-order chi connectivity index (χ1) is 9.00. The summed E-state index contributed by atoms with van der Waals surface area (Å²) in [7, 11) is 0. The first-order valence-corrected chi connectivity index (χ1v) is 5.63. The molecule has 0 fully saturated rings. The van der Waals surface area contributed by atoms with Gasteiger partial charge >= 0.3 is 5.97 Å². The lowest BCUT2D eigenvalue weighted by molar-refractivity contribution is -0.383. The lowest BCUT2D eigenvalue weighted by Gasteiger charge is -2.02. The van der Waals surface area contributed by atoms with Gasteiger partial charge in [0.2, 0.25) is 0 Å². The number of rotatable bonds is 4. The molecule has 0 spiro atoms. The second-order valence-corrected chi connectivity index (χ2v) is 4.13. The van der Waals surface area contributed by atoms with Crippen LogP contribution >= 0.6 is 0 Å². The maximum absolute atomic E-state index is 10.9. The molecule has 1 aromatic heterocycles. The van der Waals surface area contributed by atoms with Crippen LogP contribution in [0, 0.1) is 10.1 Å². The molecule has 98 valence electrons. The highest BCUT2D eigenvalue weighted by atomic mass is 16.6. The standard InChI is InChI=1S/C13H12N2O4/c1-9(13(16)17)5-7-14-8-6-10-11(14)3-2-4-12(10)15(18)19/h2-6,8H,7H2,1H3,(H,16,17). The lowest BCUT2D eigenvalue weighted by Crippen LogP contribution is -2.00. The number of aliphatic carboxylic acids is 1. The van der Waals surface area contributed by atoms with Crippen LogP contribution in [0.25, 0.3) is 10.9 Å². The lowest BCUT2D eigenvalue weighted by atomic mass is 10.2. The number of nitrogens with zero attached hydrogens (tertiary/aromatic N) is 2. The van der Waals surface area contributed by atoms with Crippen molar-refractivity contribution >= 4 is 22.6 Å². The molecule has 0 aliphatic rings. The van der Waals surface area contributed by atoms with E-state index in [-0.39, 0.29) is 11.3 Å². The summed E-state index contributed by atoms with van der Waals surface area (Å²) in [6.45, 7) is 1.87. The van der Waals surface area contributed by atoms with E-state index in [1.54, 1.807) is 35.0 Å². The Labute approximate surface area is 108 Å². The van der Waals surface area contributed by atoms with Gasteiger partial charge in [0.05, 0.1) is 15.8 Å². The van der Waals surface area contributed by atoms with Crippen LogP contribution < -0.4 is 0 Å². The van der Waals surface area contributed by atoms with E-state index in [1.807, 2.05) is 0 Å². The van der Waals surface area contributed by atoms with Crippen molar-refractivity contribution in [3.8, 4) is 0 Å². The van der Waals surface area contributed by atoms with Crippen molar-refractivity contribution < 1.29 is 14.8 Å². The Kier molecular flexibility index (Phi) is 3.33. The van der Waals surface area contributed by atoms with E-state index in [2.05, 4.69) is 0 Å². The van der Waals surface area contributed by atoms with Crippen molar-refractivity contribution in [3.05, 3.63) is 52.2 Å². The third kappa shape index (κ3) is 2.47. The number of nitro benzene ring substituents is 1. The predicted molar refractivity (Wildman–Crippen MR) is 70.0 cm³/mol. The zero-order valence-electron chi connectivity index (χ0n) is 10.2. The zero-order valence-corrected chi connectivity index (χ0v) is 10.2. The summed E-state index contributed by atoms with van der Waals surface area (Å²) in [6.07, 6.45) is 3.28. The second kappa shape index (κ2) is 4.93. The number of nitro groups is 1. The predicted octanol–water partition coefficient (Wildman–Crippen LogP) is 2.58. The third-order valence-corrected chi connectivity index (χ3v) is 2.92. The van der Waals surface area contributed by atoms with Crippen molar-refractivity contribution in [1.29, 1.82) is 0 Å². The maximum Gasteiger partial charge on any atom is 0.331 e. The SMILES string of the molecule is CC(=CCn1ccc2c([N+](=O)[O-])cccc21)C(=O)O. The molecule has 6 heteroatoms. The Morgan fingerprint density at radius 1 is 1.47 bits per heavy atom. The number of benzene rings is 1. The van der Waals surface area contributed by atoms with E-state index < -0.39 is 10.9 Å². The summed E-state index contributed by atoms with van der Waals surface area (Å²) < 4.78 is 1.77. The molecule has 0 radical (unpaired) electrons. The van der Waals surface area contributed by atoms with Crippen LogP contribution in [0.5, 0.6) is 0 Å². The van der Waals surface area contributed by atoms with Crippen LogP contribution in [0.2, 0.25) is 0 Å². The number of hydrogen-bond acceptors (Lipinski definition) is 3. The van der Waals surface area contributed by atoms with Gasteiger partial charge in [-0.3, -0.25) is 10.1 Å². The number of allylic oxidation sites excluding steroid dienone is 1. The van der Waals surface area contributed by atoms with E-state index in [0.717, 1.165) is 0 Å². The topological polar surface area (TPSA) is 85.4 Å². The summed E-state index contributed by atoms with van der Waals surface area (Å²) in [5.41, 5.74) is 1.01. The van der Waals surface area contributed by atoms with Gasteiger partial charge in [-0.25, -0.2) is 4.79 Å². The van der Waals surface area contributed by atoms with Gasteiger partial charge in [-0.15, -0.1) is 0 Å². The van der Waals surface area contributed by atoms with Crippen LogP contribution in [0.1, 0.15) is 6.92 Å². The first kappa shape index (κ1) is 12.8. The fourth-order valence-electron chi connectivity index (χ4n) is 1.85. The highest BCUT2D eigenvalue weighted by molar-refractivity contribution is 5.89. The Morgan fingerprint density at radius 2 is 2.21 bits per heavy atom. The van der Waals surface area contributed by atoms with Gasteiger partial charge in [0.15, 0.2) is 0 Å². The quantitative estimate of drug-likeness (QED) is 0.520. The number of carbonyl (C=O) groups is 1. The van der Waals surface area contributed by atoms with Crippen molar-refractivity contribution in [1.82, 2.24) is 4.57 Å². The molecule has 1 N–H and O–H groups in total. The minimum atomic E-state index is -0.970. The van der Waals surface area contributed by atoms with Gasteiger partial charge in [-0.2, -0.15) is 0 Å². The van der Waals surface area contributed by atoms with Crippen molar-refractivity contribution in [3.63, 3.8) is 0 Å². The fourth-order valence-corrected chi connectivity index (χ4v) is 1.85. The normalized spacial score (nSPS) is 11.7. The maximum atomic E-state index is 10.9. The Bertz CT molecular complexity index is 685. The first-order valence-electron chi connectivity index (χ1n) is 5.63. The molecule has 0 saturated carbocycles. The van der Waals surface area contributed by atoms with E-state index in [1.165, 1.54) is 13.0 Å². The molecule has 6 nitrogen and oxygen atoms in total. The molecule has 0 atom stereocenters. The highest BCUT2D eigenvalue weighted by Gasteiger charge is 2.13. The van der Waals surface area contributed by atoms with Gasteiger partial charge in [-0.05, 0) is 19.1 Å². The highest BCUT2D eigenvalue weighted by Crippen LogP contribution is 2.26. The van der Waals surface area contributed by atoms with Crippen molar-refractivity contribution in [2.24, 2.45) is 0 Å². The minimum Gasteiger partial charge on any atom is -0.478 e. The molecule has 1 aromatic carbocycles. The number of hydrogen-bond donors (Lipinski definition) is 1. The van der Waals surface area contributed by atoms with Gasteiger partial charge in [0, 0.05) is 24.4 Å². The molecular weight excluding hydrogens is 248 g/mol. The van der Waals surface area contributed by atoms with Crippen LogP contribution in [-0.2, 0) is 11.3 Å². The molecular formula is C13H12N2O4. The van der Waals surface area contributed by atoms with Gasteiger partial charge in [-0.1, -0.05) is 12.1 Å². The average molecular weight is 260 g/mol. The average Bonchev–Trinajstić information content (AvgIpc) is 2.78. The minimum absolute atomic E-state index is 0.0511. The monoisotopic (exact) mass is 260 g/mol. The largest absolute Gasteiger partial charge is 0.478 e. The summed E-state index contributed by atoms with van der Waals surface area (Å²) in [4.78, 5) is 21.2. The van der Waals surface area contributed by atoms with Crippen molar-refractivity contribution in [2.45, 2.75) is 13.5 Å². The Hall–Kier alpha value is -2.63. The van der Waals surface area contributed by atoms with E-state index in [9.17, 15) is 14.9 Å². The molecule has 0 amide bonds. The summed E-state index contributed by atoms with van der Waals surface area (Å²) in [5.74, 6) is -0.970. The van der Waals surface area contributed by atoms with Crippen LogP contribution in [0.3, 0.4) is 0 Å². The molecule has 0 bridgehead atoms. The molecule has 19 heavy (non-hydrogen) atoms. The molecule has 2 rings (SSSR count). The van der Waals surface area contributed by atoms with Crippen LogP contribution in [-0.4, -0.2) is 20.6 Å². The van der Waals surface area contributed by atoms with E-state index in [4.69, 9.17) is 5.11 Å². The van der Waals surface area contributed by atoms with Gasteiger partial charge in [0.1, 0.15) is 0 Å². The molecule has 0 unspecified atom stereocenters. The van der Waals surface area contributed by atoms with E-state index in [0.29, 0.717) is 17.4 Å². The molecule has 0 aliphatic carbocycles. The van der Waals surface area contributed by atoms with Crippen molar-refractivity contribution in [2.75, 3.05) is 0 Å². The summed E-state index contributed by atoms with van der Waals surface area (Å²) in [5, 5.41) is 20.2. The number of non-ortho nitro benzene ring substituents is 1. The molecule has 1 heterocycles. The second-order valence-electron chi connectivity index (χ2n) is 4.13. The summed E-state index contributed by atoms with van der Waals surface area (Å²) >= 11 is 0. The van der Waals surface area contributed by atoms with Crippen LogP contribution in [0.4, 0.5) is 5.69 Å². The number of carboxylic acid groups (broad SMARTS) is 1. The number of aromatic nitrogens is 1. The van der Waals surface area contributed by atoms with Crippen LogP contribution in [0.15, 0.2) is 42.1 Å². The smallest absolute Gasteiger partial charge is 0.331 e. The van der Waals surface area contributed by atoms with E-state index >= 15 is 0 Å². The molecule has 0 aliphatic heterocycles. The Morgan fingerprint density at radius 3 is 2.84 bits per heavy atom. The Balaban J connectivity index is 2.42. The molecule has 2 aromatic rings. The number of carboxylic acids is 1. The van der Waals surface area contributed by atoms with Gasteiger partial charge in [0.25, 0.3) is 5.69 Å². The number of fused-ring (bicyclic) bond motifs is 1. The fraction of sp³-hybridized carbons (Fsp3) is 0.154. The third-order valence-electron chi connectivity index (χ3n) is 2.92.